The molecule has 0 fully saturated rings. The fourth-order valence-corrected chi connectivity index (χ4v) is 22.9. The van der Waals surface area contributed by atoms with Crippen molar-refractivity contribution in [3.05, 3.63) is 443 Å². The maximum atomic E-state index is 2.76. The Kier molecular flexibility index (Phi) is 11.2. The second kappa shape index (κ2) is 20.8. The molecule has 17 aromatic carbocycles. The molecular formula is C105H62BN3. The number of rotatable bonds is 4. The van der Waals surface area contributed by atoms with Crippen LogP contribution in [-0.4, -0.2) is 11.3 Å². The van der Waals surface area contributed by atoms with Crippen molar-refractivity contribution in [2.75, 3.05) is 9.80 Å². The van der Waals surface area contributed by atoms with Gasteiger partial charge in [-0.3, -0.25) is 0 Å². The third-order valence-electron chi connectivity index (χ3n) is 26.6. The molecule has 4 heteroatoms. The molecule has 109 heavy (non-hydrogen) atoms. The van der Waals surface area contributed by atoms with Gasteiger partial charge in [0.15, 0.2) is 0 Å². The van der Waals surface area contributed by atoms with Crippen LogP contribution in [0.2, 0.25) is 0 Å². The molecule has 3 nitrogen and oxygen atoms in total. The van der Waals surface area contributed by atoms with Crippen LogP contribution < -0.4 is 26.2 Å². The van der Waals surface area contributed by atoms with E-state index in [0.29, 0.717) is 0 Å². The fourth-order valence-electron chi connectivity index (χ4n) is 22.9. The molecule has 0 unspecified atom stereocenters. The SMILES string of the molecule is c1ccc(-c2ccc(N3c4cc(-n5c6ccccc6c6ccccc65)cc5c4B(c4ccc6c(c43)C3(c4ccccc4-c4ccccc43)c3ccccc3-6)c3c(ccc4c3-c3ccccc3C43c4ccccc4-c4ccccc43)N5c3ccc4c(c3)-c3ccccc3C43c4ccccc4-c4ccccc43)cc2)cc1. The van der Waals surface area contributed by atoms with Crippen LogP contribution in [0.1, 0.15) is 66.8 Å². The molecule has 3 heterocycles. The molecule has 26 rings (SSSR count). The largest absolute Gasteiger partial charge is 0.311 e. The first-order valence-corrected chi connectivity index (χ1v) is 38.4. The molecule has 0 N–H and O–H groups in total. The van der Waals surface area contributed by atoms with Gasteiger partial charge < -0.3 is 14.4 Å². The second-order valence-electron chi connectivity index (χ2n) is 31.0. The minimum atomic E-state index is -0.716. The number of anilines is 6. The van der Waals surface area contributed by atoms with Crippen molar-refractivity contribution < 1.29 is 0 Å². The zero-order chi connectivity index (χ0) is 70.7. The maximum Gasteiger partial charge on any atom is 0.252 e. The monoisotopic (exact) mass is 1380 g/mol. The van der Waals surface area contributed by atoms with Gasteiger partial charge in [0.05, 0.1) is 33.0 Å². The zero-order valence-electron chi connectivity index (χ0n) is 59.2. The maximum absolute atomic E-state index is 2.76. The normalized spacial score (nSPS) is 15.0. The van der Waals surface area contributed by atoms with E-state index in [2.05, 4.69) is 390 Å². The van der Waals surface area contributed by atoms with Crippen molar-refractivity contribution >= 4 is 79.0 Å². The molecule has 6 aliphatic carbocycles. The molecule has 2 aliphatic heterocycles. The highest BCUT2D eigenvalue weighted by atomic mass is 15.2. The zero-order valence-corrected chi connectivity index (χ0v) is 59.2. The number of hydrogen-bond acceptors (Lipinski definition) is 2. The highest BCUT2D eigenvalue weighted by Crippen LogP contribution is 2.69. The molecular weight excluding hydrogens is 1310 g/mol. The Hall–Kier alpha value is -13.8. The van der Waals surface area contributed by atoms with E-state index >= 15 is 0 Å². The Balaban J connectivity index is 0.848. The molecule has 500 valence electrons. The summed E-state index contributed by atoms with van der Waals surface area (Å²) in [5, 5.41) is 2.44. The van der Waals surface area contributed by atoms with Crippen LogP contribution in [0.3, 0.4) is 0 Å². The topological polar surface area (TPSA) is 11.4 Å². The number of para-hydroxylation sites is 2. The predicted octanol–water partition coefficient (Wildman–Crippen LogP) is 23.6. The van der Waals surface area contributed by atoms with Crippen LogP contribution in [0.15, 0.2) is 376 Å². The van der Waals surface area contributed by atoms with E-state index < -0.39 is 16.2 Å². The second-order valence-corrected chi connectivity index (χ2v) is 31.0. The van der Waals surface area contributed by atoms with Crippen molar-refractivity contribution in [3.8, 4) is 83.6 Å². The first-order chi connectivity index (χ1) is 54.1. The molecule has 1 aromatic heterocycles. The summed E-state index contributed by atoms with van der Waals surface area (Å²) in [5.74, 6) is 0. The van der Waals surface area contributed by atoms with Crippen LogP contribution in [0.25, 0.3) is 105 Å². The predicted molar refractivity (Wildman–Crippen MR) is 449 cm³/mol. The van der Waals surface area contributed by atoms with E-state index in [4.69, 9.17) is 0 Å². The molecule has 0 amide bonds. The van der Waals surface area contributed by atoms with Crippen molar-refractivity contribution in [2.24, 2.45) is 0 Å². The molecule has 0 saturated carbocycles. The first kappa shape index (κ1) is 58.5. The Morgan fingerprint density at radius 1 is 0.220 bits per heavy atom. The third kappa shape index (κ3) is 6.92. The summed E-state index contributed by atoms with van der Waals surface area (Å²) in [5.41, 5.74) is 45.9. The lowest BCUT2D eigenvalue weighted by Crippen LogP contribution is -2.62. The summed E-state index contributed by atoms with van der Waals surface area (Å²) in [7, 11) is 0. The molecule has 0 radical (unpaired) electrons. The van der Waals surface area contributed by atoms with E-state index in [-0.39, 0.29) is 6.71 Å². The van der Waals surface area contributed by atoms with E-state index in [1.54, 1.807) is 0 Å². The van der Waals surface area contributed by atoms with Crippen molar-refractivity contribution in [1.29, 1.82) is 0 Å². The van der Waals surface area contributed by atoms with Gasteiger partial charge in [-0.05, 0) is 210 Å². The van der Waals surface area contributed by atoms with E-state index in [1.165, 1.54) is 183 Å². The third-order valence-corrected chi connectivity index (χ3v) is 26.6. The smallest absolute Gasteiger partial charge is 0.252 e. The molecule has 8 aliphatic rings. The average molecular weight is 1380 g/mol. The van der Waals surface area contributed by atoms with Gasteiger partial charge in [0, 0.05) is 50.5 Å². The van der Waals surface area contributed by atoms with Gasteiger partial charge in [-0.2, -0.15) is 0 Å². The summed E-state index contributed by atoms with van der Waals surface area (Å²) in [4.78, 5) is 5.49. The molecule has 3 spiro atoms. The molecule has 18 aromatic rings. The lowest BCUT2D eigenvalue weighted by molar-refractivity contribution is 0.793. The lowest BCUT2D eigenvalue weighted by atomic mass is 9.32. The van der Waals surface area contributed by atoms with Gasteiger partial charge in [-0.15, -0.1) is 0 Å². The van der Waals surface area contributed by atoms with Gasteiger partial charge in [-0.1, -0.05) is 322 Å². The Morgan fingerprint density at radius 2 is 0.596 bits per heavy atom. The number of hydrogen-bond donors (Lipinski definition) is 0. The number of fused-ring (bicyclic) bond motifs is 39. The molecule has 0 atom stereocenters. The lowest BCUT2D eigenvalue weighted by Gasteiger charge is -2.47. The van der Waals surface area contributed by atoms with E-state index in [9.17, 15) is 0 Å². The molecule has 0 bridgehead atoms. The Morgan fingerprint density at radius 3 is 1.11 bits per heavy atom. The van der Waals surface area contributed by atoms with Gasteiger partial charge in [-0.25, -0.2) is 0 Å². The van der Waals surface area contributed by atoms with Crippen LogP contribution in [0.4, 0.5) is 34.1 Å². The summed E-state index contributed by atoms with van der Waals surface area (Å²) < 4.78 is 2.57. The number of nitrogens with zero attached hydrogens (tertiary/aromatic N) is 3. The van der Waals surface area contributed by atoms with E-state index in [0.717, 1.165) is 39.5 Å². The standard InChI is InChI=1S/C105H62BN3/c1-2-26-63(27-3-1)64-50-52-65(53-51-64)109-97-62-67(108-93-48-24-13-36-76(93)77-37-14-25-49-94(77)108)61-96-100(97)106(92-58-55-78-74-34-10-22-46-88(74)105(99(78)102(92)109)86-44-20-8-32-72(86)73-33-9-21-45-87(73)105)101-95(59-57-91-98(101)79-38-12-23-47-89(79)104(91)83-41-17-6-30-70(83)71-31-7-18-42-84(71)104)107(96)66-54-56-90-80(60-66)75-35-11-19-43-85(75)103(90)81-39-15-4-28-68(81)69-29-5-16-40-82(69)103/h1-62H. The summed E-state index contributed by atoms with van der Waals surface area (Å²) in [6.07, 6.45) is 0. The van der Waals surface area contributed by atoms with Gasteiger partial charge in [0.1, 0.15) is 0 Å². The minimum Gasteiger partial charge on any atom is -0.311 e. The Labute approximate surface area is 631 Å². The van der Waals surface area contributed by atoms with Crippen molar-refractivity contribution in [1.82, 2.24) is 4.57 Å². The highest BCUT2D eigenvalue weighted by Gasteiger charge is 2.59. The highest BCUT2D eigenvalue weighted by molar-refractivity contribution is 7.01. The van der Waals surface area contributed by atoms with Gasteiger partial charge in [0.25, 0.3) is 6.71 Å². The number of aromatic nitrogens is 1. The van der Waals surface area contributed by atoms with Crippen molar-refractivity contribution in [2.45, 2.75) is 16.2 Å². The number of benzene rings is 17. The summed E-state index contributed by atoms with van der Waals surface area (Å²) >= 11 is 0. The Bertz CT molecular complexity index is 6950. The molecule has 0 saturated heterocycles. The average Bonchev–Trinajstić information content (AvgIpc) is 1.53. The van der Waals surface area contributed by atoms with Crippen LogP contribution in [-0.2, 0) is 16.2 Å². The summed E-state index contributed by atoms with van der Waals surface area (Å²) in [6, 6.07) is 146. The quantitative estimate of drug-likeness (QED) is 0.163. The van der Waals surface area contributed by atoms with Gasteiger partial charge >= 0.3 is 0 Å². The van der Waals surface area contributed by atoms with Crippen LogP contribution in [0.5, 0.6) is 0 Å². The first-order valence-electron chi connectivity index (χ1n) is 38.4. The van der Waals surface area contributed by atoms with Crippen molar-refractivity contribution in [3.63, 3.8) is 0 Å². The minimum absolute atomic E-state index is 0.314. The summed E-state index contributed by atoms with van der Waals surface area (Å²) in [6.45, 7) is -0.314. The van der Waals surface area contributed by atoms with E-state index in [1.807, 2.05) is 0 Å². The van der Waals surface area contributed by atoms with Gasteiger partial charge in [0.2, 0.25) is 0 Å². The van der Waals surface area contributed by atoms with Crippen LogP contribution >= 0.6 is 0 Å². The van der Waals surface area contributed by atoms with Crippen LogP contribution in [0, 0.1) is 0 Å². The fraction of sp³-hybridized carbons (Fsp3) is 0.0286.